The van der Waals surface area contributed by atoms with Gasteiger partial charge in [-0.2, -0.15) is 0 Å². The maximum atomic E-state index is 12.0. The molecule has 0 aromatic heterocycles. The van der Waals surface area contributed by atoms with Crippen LogP contribution in [0.1, 0.15) is 31.4 Å². The second-order valence-electron chi connectivity index (χ2n) is 5.16. The Hall–Kier alpha value is -1.11. The maximum absolute atomic E-state index is 12.0. The standard InChI is InChI=1S/C14H22N2O3S/c1-11(12-3-7-14(19-2)8-4-12)16-20(17,18)10-9-15-13-5-6-13/h3-4,7-8,11,13,15-16H,5-6,9-10H2,1-2H3. The summed E-state index contributed by atoms with van der Waals surface area (Å²) < 4.78 is 31.7. The summed E-state index contributed by atoms with van der Waals surface area (Å²) >= 11 is 0. The molecule has 1 saturated carbocycles. The van der Waals surface area contributed by atoms with Gasteiger partial charge in [0.25, 0.3) is 0 Å². The predicted molar refractivity (Wildman–Crippen MR) is 79.4 cm³/mol. The van der Waals surface area contributed by atoms with Gasteiger partial charge in [0.1, 0.15) is 5.75 Å². The van der Waals surface area contributed by atoms with Gasteiger partial charge in [-0.25, -0.2) is 13.1 Å². The number of methoxy groups -OCH3 is 1. The van der Waals surface area contributed by atoms with Gasteiger partial charge < -0.3 is 10.1 Å². The average molecular weight is 298 g/mol. The number of benzene rings is 1. The molecule has 1 aromatic carbocycles. The molecule has 20 heavy (non-hydrogen) atoms. The highest BCUT2D eigenvalue weighted by Crippen LogP contribution is 2.19. The van der Waals surface area contributed by atoms with Gasteiger partial charge in [0.05, 0.1) is 12.9 Å². The molecular formula is C14H22N2O3S. The molecule has 112 valence electrons. The zero-order valence-electron chi connectivity index (χ0n) is 11.9. The number of hydrogen-bond donors (Lipinski definition) is 2. The normalized spacial score (nSPS) is 16.9. The van der Waals surface area contributed by atoms with Crippen LogP contribution in [0, 0.1) is 0 Å². The van der Waals surface area contributed by atoms with Gasteiger partial charge in [0, 0.05) is 18.6 Å². The van der Waals surface area contributed by atoms with Crippen LogP contribution in [0.5, 0.6) is 5.75 Å². The van der Waals surface area contributed by atoms with Crippen molar-refractivity contribution in [2.75, 3.05) is 19.4 Å². The molecule has 0 amide bonds. The van der Waals surface area contributed by atoms with Gasteiger partial charge >= 0.3 is 0 Å². The lowest BCUT2D eigenvalue weighted by atomic mass is 10.1. The van der Waals surface area contributed by atoms with E-state index in [0.717, 1.165) is 24.2 Å². The van der Waals surface area contributed by atoms with Crippen molar-refractivity contribution >= 4 is 10.0 Å². The molecule has 0 aliphatic heterocycles. The van der Waals surface area contributed by atoms with Crippen molar-refractivity contribution in [3.8, 4) is 5.75 Å². The van der Waals surface area contributed by atoms with Gasteiger partial charge in [-0.1, -0.05) is 12.1 Å². The van der Waals surface area contributed by atoms with E-state index in [-0.39, 0.29) is 11.8 Å². The van der Waals surface area contributed by atoms with Gasteiger partial charge in [-0.15, -0.1) is 0 Å². The van der Waals surface area contributed by atoms with Crippen LogP contribution in [0.3, 0.4) is 0 Å². The number of rotatable bonds is 8. The molecule has 2 N–H and O–H groups in total. The number of hydrogen-bond acceptors (Lipinski definition) is 4. The van der Waals surface area contributed by atoms with E-state index in [1.807, 2.05) is 31.2 Å². The van der Waals surface area contributed by atoms with Crippen LogP contribution in [-0.2, 0) is 10.0 Å². The van der Waals surface area contributed by atoms with Crippen LogP contribution >= 0.6 is 0 Å². The fourth-order valence-electron chi connectivity index (χ4n) is 1.97. The van der Waals surface area contributed by atoms with E-state index in [9.17, 15) is 8.42 Å². The van der Waals surface area contributed by atoms with E-state index >= 15 is 0 Å². The second kappa shape index (κ2) is 6.56. The summed E-state index contributed by atoms with van der Waals surface area (Å²) in [5.74, 6) is 0.877. The molecule has 5 nitrogen and oxygen atoms in total. The Balaban J connectivity index is 1.85. The Morgan fingerprint density at radius 1 is 1.30 bits per heavy atom. The van der Waals surface area contributed by atoms with Crippen LogP contribution in [-0.4, -0.2) is 33.9 Å². The average Bonchev–Trinajstić information content (AvgIpc) is 3.22. The molecule has 0 radical (unpaired) electrons. The largest absolute Gasteiger partial charge is 0.497 e. The van der Waals surface area contributed by atoms with E-state index in [1.54, 1.807) is 7.11 Å². The van der Waals surface area contributed by atoms with E-state index < -0.39 is 10.0 Å². The minimum absolute atomic E-state index is 0.115. The number of ether oxygens (including phenoxy) is 1. The van der Waals surface area contributed by atoms with E-state index in [4.69, 9.17) is 4.74 Å². The van der Waals surface area contributed by atoms with Crippen molar-refractivity contribution in [2.45, 2.75) is 31.8 Å². The van der Waals surface area contributed by atoms with Crippen LogP contribution < -0.4 is 14.8 Å². The summed E-state index contributed by atoms with van der Waals surface area (Å²) in [5.41, 5.74) is 0.921. The molecule has 1 unspecified atom stereocenters. The lowest BCUT2D eigenvalue weighted by Gasteiger charge is -2.15. The summed E-state index contributed by atoms with van der Waals surface area (Å²) in [4.78, 5) is 0. The highest BCUT2D eigenvalue weighted by Gasteiger charge is 2.22. The molecule has 0 spiro atoms. The Bertz CT molecular complexity index is 524. The predicted octanol–water partition coefficient (Wildman–Crippen LogP) is 1.43. The molecule has 1 aliphatic rings. The SMILES string of the molecule is COc1ccc(C(C)NS(=O)(=O)CCNC2CC2)cc1. The Kier molecular flexibility index (Phi) is 5.01. The molecule has 1 aliphatic carbocycles. The molecular weight excluding hydrogens is 276 g/mol. The highest BCUT2D eigenvalue weighted by atomic mass is 32.2. The Morgan fingerprint density at radius 2 is 1.95 bits per heavy atom. The fourth-order valence-corrected chi connectivity index (χ4v) is 3.15. The molecule has 0 bridgehead atoms. The molecule has 2 rings (SSSR count). The maximum Gasteiger partial charge on any atom is 0.213 e. The summed E-state index contributed by atoms with van der Waals surface area (Å²) in [6.07, 6.45) is 2.32. The minimum Gasteiger partial charge on any atom is -0.497 e. The van der Waals surface area contributed by atoms with Crippen molar-refractivity contribution in [2.24, 2.45) is 0 Å². The first-order chi connectivity index (χ1) is 9.50. The third kappa shape index (κ3) is 4.77. The number of nitrogens with one attached hydrogen (secondary N) is 2. The van der Waals surface area contributed by atoms with Gasteiger partial charge in [-0.3, -0.25) is 0 Å². The second-order valence-corrected chi connectivity index (χ2v) is 7.03. The quantitative estimate of drug-likeness (QED) is 0.762. The summed E-state index contributed by atoms with van der Waals surface area (Å²) in [6, 6.07) is 7.68. The summed E-state index contributed by atoms with van der Waals surface area (Å²) in [6.45, 7) is 2.35. The van der Waals surface area contributed by atoms with Crippen molar-refractivity contribution in [1.29, 1.82) is 0 Å². The van der Waals surface area contributed by atoms with Crippen LogP contribution in [0.4, 0.5) is 0 Å². The Morgan fingerprint density at radius 3 is 2.50 bits per heavy atom. The topological polar surface area (TPSA) is 67.4 Å². The zero-order chi connectivity index (χ0) is 14.6. The van der Waals surface area contributed by atoms with E-state index in [0.29, 0.717) is 12.6 Å². The van der Waals surface area contributed by atoms with E-state index in [2.05, 4.69) is 10.0 Å². The number of sulfonamides is 1. The Labute approximate surface area is 120 Å². The van der Waals surface area contributed by atoms with Gasteiger partial charge in [0.2, 0.25) is 10.0 Å². The smallest absolute Gasteiger partial charge is 0.213 e. The zero-order valence-corrected chi connectivity index (χ0v) is 12.7. The third-order valence-corrected chi connectivity index (χ3v) is 4.81. The van der Waals surface area contributed by atoms with E-state index in [1.165, 1.54) is 0 Å². The van der Waals surface area contributed by atoms with Gasteiger partial charge in [-0.05, 0) is 37.5 Å². The summed E-state index contributed by atoms with van der Waals surface area (Å²) in [5, 5.41) is 3.21. The lowest BCUT2D eigenvalue weighted by Crippen LogP contribution is -2.34. The first-order valence-electron chi connectivity index (χ1n) is 6.87. The first-order valence-corrected chi connectivity index (χ1v) is 8.53. The van der Waals surface area contributed by atoms with Crippen LogP contribution in [0.2, 0.25) is 0 Å². The minimum atomic E-state index is -3.26. The summed E-state index contributed by atoms with van der Waals surface area (Å²) in [7, 11) is -1.65. The van der Waals surface area contributed by atoms with Crippen molar-refractivity contribution < 1.29 is 13.2 Å². The molecule has 6 heteroatoms. The molecule has 0 saturated heterocycles. The highest BCUT2D eigenvalue weighted by molar-refractivity contribution is 7.89. The molecule has 0 heterocycles. The van der Waals surface area contributed by atoms with Crippen molar-refractivity contribution in [1.82, 2.24) is 10.0 Å². The van der Waals surface area contributed by atoms with Crippen molar-refractivity contribution in [3.05, 3.63) is 29.8 Å². The molecule has 1 fully saturated rings. The van der Waals surface area contributed by atoms with Crippen LogP contribution in [0.15, 0.2) is 24.3 Å². The first kappa shape index (κ1) is 15.3. The molecule has 1 atom stereocenters. The third-order valence-electron chi connectivity index (χ3n) is 3.35. The van der Waals surface area contributed by atoms with Crippen LogP contribution in [0.25, 0.3) is 0 Å². The molecule has 1 aromatic rings. The monoisotopic (exact) mass is 298 g/mol. The fraction of sp³-hybridized carbons (Fsp3) is 0.571. The van der Waals surface area contributed by atoms with Gasteiger partial charge in [0.15, 0.2) is 0 Å². The van der Waals surface area contributed by atoms with Crippen molar-refractivity contribution in [3.63, 3.8) is 0 Å². The lowest BCUT2D eigenvalue weighted by molar-refractivity contribution is 0.414.